The minimum Gasteiger partial charge on any atom is -0.316 e. The van der Waals surface area contributed by atoms with E-state index in [1.807, 2.05) is 29.9 Å². The van der Waals surface area contributed by atoms with E-state index in [0.717, 1.165) is 58.9 Å². The van der Waals surface area contributed by atoms with Gasteiger partial charge in [0.05, 0.1) is 5.52 Å². The van der Waals surface area contributed by atoms with Crippen molar-refractivity contribution >= 4 is 10.9 Å². The van der Waals surface area contributed by atoms with E-state index >= 15 is 0 Å². The van der Waals surface area contributed by atoms with Crippen molar-refractivity contribution in [3.63, 3.8) is 0 Å². The second kappa shape index (κ2) is 6.59. The normalized spacial score (nSPS) is 17.4. The lowest BCUT2D eigenvalue weighted by Crippen LogP contribution is -2.29. The van der Waals surface area contributed by atoms with Gasteiger partial charge >= 0.3 is 0 Å². The first-order valence-corrected chi connectivity index (χ1v) is 9.30. The SMILES string of the molecule is Cn1nc(-c2ccc3[nH]nc(-c4ccncc4)c3c2)nc1C1CCCNC1. The maximum atomic E-state index is 4.87. The average molecular weight is 359 g/mol. The summed E-state index contributed by atoms with van der Waals surface area (Å²) in [5.74, 6) is 2.25. The topological polar surface area (TPSA) is 84.3 Å². The van der Waals surface area contributed by atoms with E-state index in [4.69, 9.17) is 4.98 Å². The van der Waals surface area contributed by atoms with Gasteiger partial charge in [-0.1, -0.05) is 0 Å². The smallest absolute Gasteiger partial charge is 0.181 e. The summed E-state index contributed by atoms with van der Waals surface area (Å²) in [6, 6.07) is 10.1. The number of piperidine rings is 1. The summed E-state index contributed by atoms with van der Waals surface area (Å²) in [6.07, 6.45) is 5.91. The van der Waals surface area contributed by atoms with Crippen molar-refractivity contribution in [2.75, 3.05) is 13.1 Å². The quantitative estimate of drug-likeness (QED) is 0.588. The summed E-state index contributed by atoms with van der Waals surface area (Å²) in [5, 5.41) is 16.8. The van der Waals surface area contributed by atoms with Gasteiger partial charge in [-0.3, -0.25) is 14.8 Å². The number of nitrogens with one attached hydrogen (secondary N) is 2. The third-order valence-electron chi connectivity index (χ3n) is 5.23. The minimum absolute atomic E-state index is 0.426. The molecule has 0 aliphatic carbocycles. The molecule has 1 aliphatic rings. The van der Waals surface area contributed by atoms with E-state index in [-0.39, 0.29) is 0 Å². The Bertz CT molecular complexity index is 1070. The zero-order valence-corrected chi connectivity index (χ0v) is 15.2. The number of rotatable bonds is 3. The predicted molar refractivity (Wildman–Crippen MR) is 104 cm³/mol. The average Bonchev–Trinajstić information content (AvgIpc) is 3.32. The first-order chi connectivity index (χ1) is 13.3. The molecule has 0 spiro atoms. The molecule has 5 rings (SSSR count). The van der Waals surface area contributed by atoms with Crippen LogP contribution in [0.1, 0.15) is 24.6 Å². The molecule has 3 aromatic heterocycles. The highest BCUT2D eigenvalue weighted by Gasteiger charge is 2.22. The highest BCUT2D eigenvalue weighted by Crippen LogP contribution is 2.30. The summed E-state index contributed by atoms with van der Waals surface area (Å²) in [7, 11) is 1.99. The lowest BCUT2D eigenvalue weighted by atomic mass is 9.99. The minimum atomic E-state index is 0.426. The van der Waals surface area contributed by atoms with Crippen molar-refractivity contribution in [2.24, 2.45) is 7.05 Å². The van der Waals surface area contributed by atoms with Gasteiger partial charge in [-0.05, 0) is 49.7 Å². The molecule has 0 bridgehead atoms. The molecule has 0 amide bonds. The monoisotopic (exact) mass is 359 g/mol. The molecule has 4 aromatic rings. The molecule has 0 saturated carbocycles. The highest BCUT2D eigenvalue weighted by atomic mass is 15.3. The Morgan fingerprint density at radius 2 is 2.00 bits per heavy atom. The summed E-state index contributed by atoms with van der Waals surface area (Å²) in [4.78, 5) is 8.96. The molecule has 27 heavy (non-hydrogen) atoms. The van der Waals surface area contributed by atoms with E-state index < -0.39 is 0 Å². The van der Waals surface area contributed by atoms with E-state index in [0.29, 0.717) is 5.92 Å². The second-order valence-electron chi connectivity index (χ2n) is 7.03. The van der Waals surface area contributed by atoms with Gasteiger partial charge in [-0.2, -0.15) is 10.2 Å². The molecule has 1 unspecified atom stereocenters. The van der Waals surface area contributed by atoms with Gasteiger partial charge in [0.25, 0.3) is 0 Å². The van der Waals surface area contributed by atoms with Crippen LogP contribution in [0.4, 0.5) is 0 Å². The summed E-state index contributed by atoms with van der Waals surface area (Å²) in [6.45, 7) is 2.06. The number of fused-ring (bicyclic) bond motifs is 1. The maximum absolute atomic E-state index is 4.87. The van der Waals surface area contributed by atoms with Gasteiger partial charge in [-0.25, -0.2) is 4.98 Å². The Labute approximate surface area is 156 Å². The predicted octanol–water partition coefficient (Wildman–Crippen LogP) is 2.89. The van der Waals surface area contributed by atoms with Gasteiger partial charge in [0.2, 0.25) is 0 Å². The lowest BCUT2D eigenvalue weighted by Gasteiger charge is -2.21. The van der Waals surface area contributed by atoms with Gasteiger partial charge in [0, 0.05) is 48.4 Å². The molecule has 7 heteroatoms. The third kappa shape index (κ3) is 2.90. The van der Waals surface area contributed by atoms with Crippen LogP contribution in [-0.2, 0) is 7.05 Å². The number of nitrogens with zero attached hydrogens (tertiary/aromatic N) is 5. The molecule has 7 nitrogen and oxygen atoms in total. The Kier molecular flexibility index (Phi) is 3.94. The number of aromatic amines is 1. The van der Waals surface area contributed by atoms with Gasteiger partial charge < -0.3 is 5.32 Å². The third-order valence-corrected chi connectivity index (χ3v) is 5.23. The number of hydrogen-bond acceptors (Lipinski definition) is 5. The number of H-pyrrole nitrogens is 1. The van der Waals surface area contributed by atoms with Gasteiger partial charge in [0.1, 0.15) is 11.5 Å². The standard InChI is InChI=1S/C20H21N7/c1-27-20(15-3-2-8-22-12-15)23-19(26-27)14-4-5-17-16(11-14)18(25-24-17)13-6-9-21-10-7-13/h4-7,9-11,15,22H,2-3,8,12H2,1H3,(H,24,25). The van der Waals surface area contributed by atoms with Crippen molar-refractivity contribution in [3.05, 3.63) is 48.5 Å². The molecular formula is C20H21N7. The highest BCUT2D eigenvalue weighted by molar-refractivity contribution is 5.95. The molecule has 1 fully saturated rings. The van der Waals surface area contributed by atoms with E-state index in [2.05, 4.69) is 37.7 Å². The zero-order chi connectivity index (χ0) is 18.2. The fourth-order valence-corrected chi connectivity index (χ4v) is 3.83. The Morgan fingerprint density at radius 3 is 2.81 bits per heavy atom. The van der Waals surface area contributed by atoms with Crippen LogP contribution in [0, 0.1) is 0 Å². The van der Waals surface area contributed by atoms with E-state index in [9.17, 15) is 0 Å². The fourth-order valence-electron chi connectivity index (χ4n) is 3.83. The number of hydrogen-bond donors (Lipinski definition) is 2. The molecule has 4 heterocycles. The van der Waals surface area contributed by atoms with E-state index in [1.54, 1.807) is 12.4 Å². The van der Waals surface area contributed by atoms with Crippen LogP contribution >= 0.6 is 0 Å². The van der Waals surface area contributed by atoms with Gasteiger partial charge in [-0.15, -0.1) is 0 Å². The molecule has 1 aliphatic heterocycles. The van der Waals surface area contributed by atoms with Crippen LogP contribution in [0.2, 0.25) is 0 Å². The van der Waals surface area contributed by atoms with Crippen molar-refractivity contribution in [3.8, 4) is 22.6 Å². The lowest BCUT2D eigenvalue weighted by molar-refractivity contribution is 0.434. The first kappa shape index (κ1) is 16.1. The molecule has 1 saturated heterocycles. The summed E-state index contributed by atoms with van der Waals surface area (Å²) < 4.78 is 1.93. The van der Waals surface area contributed by atoms with Crippen LogP contribution in [0.25, 0.3) is 33.5 Å². The number of pyridine rings is 1. The molecule has 136 valence electrons. The number of aryl methyl sites for hydroxylation is 1. The number of aromatic nitrogens is 6. The van der Waals surface area contributed by atoms with Crippen LogP contribution < -0.4 is 5.32 Å². The zero-order valence-electron chi connectivity index (χ0n) is 15.2. The Balaban J connectivity index is 1.56. The molecule has 1 atom stereocenters. The first-order valence-electron chi connectivity index (χ1n) is 9.30. The van der Waals surface area contributed by atoms with Crippen molar-refractivity contribution < 1.29 is 0 Å². The number of benzene rings is 1. The second-order valence-corrected chi connectivity index (χ2v) is 7.03. The fraction of sp³-hybridized carbons (Fsp3) is 0.300. The van der Waals surface area contributed by atoms with Gasteiger partial charge in [0.15, 0.2) is 5.82 Å². The molecule has 1 aromatic carbocycles. The van der Waals surface area contributed by atoms with Crippen LogP contribution in [0.5, 0.6) is 0 Å². The van der Waals surface area contributed by atoms with Crippen LogP contribution in [-0.4, -0.2) is 43.0 Å². The van der Waals surface area contributed by atoms with Crippen LogP contribution in [0.3, 0.4) is 0 Å². The Morgan fingerprint density at radius 1 is 1.11 bits per heavy atom. The summed E-state index contributed by atoms with van der Waals surface area (Å²) in [5.41, 5.74) is 3.96. The summed E-state index contributed by atoms with van der Waals surface area (Å²) >= 11 is 0. The van der Waals surface area contributed by atoms with Crippen LogP contribution in [0.15, 0.2) is 42.7 Å². The Hall–Kier alpha value is -3.06. The van der Waals surface area contributed by atoms with E-state index in [1.165, 1.54) is 6.42 Å². The van der Waals surface area contributed by atoms with Crippen molar-refractivity contribution in [1.82, 2.24) is 35.3 Å². The molecule has 2 N–H and O–H groups in total. The molecule has 0 radical (unpaired) electrons. The van der Waals surface area contributed by atoms with Crippen molar-refractivity contribution in [2.45, 2.75) is 18.8 Å². The van der Waals surface area contributed by atoms with Crippen molar-refractivity contribution in [1.29, 1.82) is 0 Å². The molecular weight excluding hydrogens is 338 g/mol. The maximum Gasteiger partial charge on any atom is 0.181 e. The largest absolute Gasteiger partial charge is 0.316 e.